The molecule has 0 aliphatic rings. The van der Waals surface area contributed by atoms with E-state index < -0.39 is 11.9 Å². The van der Waals surface area contributed by atoms with Gasteiger partial charge in [-0.05, 0) is 62.7 Å². The summed E-state index contributed by atoms with van der Waals surface area (Å²) < 4.78 is 10.8. The molecular weight excluding hydrogens is 468 g/mol. The second-order valence-corrected chi connectivity index (χ2v) is 9.28. The molecule has 1 amide bonds. The second kappa shape index (κ2) is 10.6. The van der Waals surface area contributed by atoms with E-state index in [1.165, 1.54) is 29.2 Å². The van der Waals surface area contributed by atoms with Crippen LogP contribution in [0.25, 0.3) is 6.08 Å². The molecule has 32 heavy (non-hydrogen) atoms. The Kier molecular flexibility index (Phi) is 7.80. The van der Waals surface area contributed by atoms with Crippen molar-refractivity contribution in [3.05, 3.63) is 68.8 Å². The highest BCUT2D eigenvalue weighted by molar-refractivity contribution is 7.99. The lowest BCUT2D eigenvalue weighted by atomic mass is 10.1. The highest BCUT2D eigenvalue weighted by atomic mass is 35.5. The van der Waals surface area contributed by atoms with E-state index in [0.717, 1.165) is 15.3 Å². The Morgan fingerprint density at radius 2 is 1.97 bits per heavy atom. The van der Waals surface area contributed by atoms with E-state index in [9.17, 15) is 14.9 Å². The van der Waals surface area contributed by atoms with Crippen LogP contribution in [0.5, 0.6) is 0 Å². The summed E-state index contributed by atoms with van der Waals surface area (Å²) in [5.74, 6) is -0.790. The highest BCUT2D eigenvalue weighted by Gasteiger charge is 2.23. The monoisotopic (exact) mass is 486 g/mol. The Labute approximate surface area is 198 Å². The van der Waals surface area contributed by atoms with Crippen LogP contribution in [0.3, 0.4) is 0 Å². The summed E-state index contributed by atoms with van der Waals surface area (Å²) in [6, 6.07) is 12.6. The topological polar surface area (TPSA) is 92.3 Å². The summed E-state index contributed by atoms with van der Waals surface area (Å²) in [4.78, 5) is 26.8. The standard InChI is InChI=1S/C23H19ClN2O4S2/c1-4-29-23(28)20-13(2)14(3)31-22(20)26-21(27)15(12-25)11-17-7-10-19(30-17)32-18-8-5-16(24)6-9-18/h5-11H,4H2,1-3H3,(H,26,27)/b15-11+. The van der Waals surface area contributed by atoms with Crippen molar-refractivity contribution in [1.29, 1.82) is 5.26 Å². The average Bonchev–Trinajstić information content (AvgIpc) is 3.31. The number of aryl methyl sites for hydroxylation is 1. The number of halogens is 1. The van der Waals surface area contributed by atoms with Crippen LogP contribution in [0.2, 0.25) is 5.02 Å². The lowest BCUT2D eigenvalue weighted by Gasteiger charge is -2.06. The third kappa shape index (κ3) is 5.62. The number of amides is 1. The number of carbonyl (C=O) groups is 2. The summed E-state index contributed by atoms with van der Waals surface area (Å²) >= 11 is 8.55. The molecule has 2 aromatic heterocycles. The van der Waals surface area contributed by atoms with Gasteiger partial charge < -0.3 is 14.5 Å². The van der Waals surface area contributed by atoms with Crippen LogP contribution in [0, 0.1) is 25.2 Å². The first-order valence-electron chi connectivity index (χ1n) is 9.55. The van der Waals surface area contributed by atoms with Crippen LogP contribution in [0.4, 0.5) is 5.00 Å². The van der Waals surface area contributed by atoms with Crippen LogP contribution in [0.15, 0.2) is 56.4 Å². The molecule has 0 saturated heterocycles. The Morgan fingerprint density at radius 3 is 2.62 bits per heavy atom. The number of benzene rings is 1. The summed E-state index contributed by atoms with van der Waals surface area (Å²) in [5.41, 5.74) is 0.890. The molecule has 0 fully saturated rings. The van der Waals surface area contributed by atoms with Gasteiger partial charge in [0, 0.05) is 20.9 Å². The SMILES string of the molecule is CCOC(=O)c1c(NC(=O)/C(C#N)=C/c2ccc(Sc3ccc(Cl)cc3)o2)sc(C)c1C. The minimum atomic E-state index is -0.636. The van der Waals surface area contributed by atoms with Crippen LogP contribution >= 0.6 is 34.7 Å². The predicted molar refractivity (Wildman–Crippen MR) is 126 cm³/mol. The molecule has 0 unspecified atom stereocenters. The van der Waals surface area contributed by atoms with Gasteiger partial charge in [0.1, 0.15) is 22.4 Å². The Hall–Kier alpha value is -2.99. The summed E-state index contributed by atoms with van der Waals surface area (Å²) in [6.07, 6.45) is 1.36. The zero-order valence-corrected chi connectivity index (χ0v) is 19.9. The van der Waals surface area contributed by atoms with E-state index in [-0.39, 0.29) is 12.2 Å². The molecule has 0 aliphatic heterocycles. The van der Waals surface area contributed by atoms with Gasteiger partial charge in [-0.15, -0.1) is 11.3 Å². The van der Waals surface area contributed by atoms with E-state index in [2.05, 4.69) is 5.32 Å². The Bertz CT molecular complexity index is 1220. The van der Waals surface area contributed by atoms with E-state index >= 15 is 0 Å². The van der Waals surface area contributed by atoms with Crippen molar-refractivity contribution in [3.63, 3.8) is 0 Å². The molecule has 6 nitrogen and oxygen atoms in total. The van der Waals surface area contributed by atoms with Gasteiger partial charge in [0.2, 0.25) is 0 Å². The van der Waals surface area contributed by atoms with E-state index in [4.69, 9.17) is 20.8 Å². The zero-order chi connectivity index (χ0) is 23.3. The third-order valence-electron chi connectivity index (χ3n) is 4.38. The number of hydrogen-bond acceptors (Lipinski definition) is 7. The number of esters is 1. The molecule has 1 N–H and O–H groups in total. The maximum atomic E-state index is 12.7. The number of anilines is 1. The average molecular weight is 487 g/mol. The molecule has 0 saturated carbocycles. The van der Waals surface area contributed by atoms with Crippen LogP contribution in [-0.2, 0) is 9.53 Å². The van der Waals surface area contributed by atoms with E-state index in [1.54, 1.807) is 38.1 Å². The fourth-order valence-electron chi connectivity index (χ4n) is 2.71. The number of thiophene rings is 1. The van der Waals surface area contributed by atoms with Gasteiger partial charge in [0.15, 0.2) is 5.09 Å². The van der Waals surface area contributed by atoms with E-state index in [1.807, 2.05) is 25.1 Å². The lowest BCUT2D eigenvalue weighted by molar-refractivity contribution is -0.112. The van der Waals surface area contributed by atoms with E-state index in [0.29, 0.717) is 26.4 Å². The Morgan fingerprint density at radius 1 is 1.25 bits per heavy atom. The zero-order valence-electron chi connectivity index (χ0n) is 17.5. The maximum Gasteiger partial charge on any atom is 0.341 e. The number of nitrogens with zero attached hydrogens (tertiary/aromatic N) is 1. The van der Waals surface area contributed by atoms with Crippen molar-refractivity contribution < 1.29 is 18.7 Å². The third-order valence-corrected chi connectivity index (χ3v) is 6.68. The van der Waals surface area contributed by atoms with Gasteiger partial charge in [-0.3, -0.25) is 4.79 Å². The van der Waals surface area contributed by atoms with Crippen molar-refractivity contribution in [3.8, 4) is 6.07 Å². The molecule has 0 radical (unpaired) electrons. The second-order valence-electron chi connectivity index (χ2n) is 6.54. The Balaban J connectivity index is 1.78. The van der Waals surface area contributed by atoms with Gasteiger partial charge in [-0.25, -0.2) is 4.79 Å². The molecule has 1 aromatic carbocycles. The lowest BCUT2D eigenvalue weighted by Crippen LogP contribution is -2.16. The number of carbonyl (C=O) groups excluding carboxylic acids is 2. The minimum absolute atomic E-state index is 0.152. The van der Waals surface area contributed by atoms with Gasteiger partial charge in [0.25, 0.3) is 5.91 Å². The first-order chi connectivity index (χ1) is 15.3. The predicted octanol–water partition coefficient (Wildman–Crippen LogP) is 6.48. The number of furan rings is 1. The quantitative estimate of drug-likeness (QED) is 0.233. The highest BCUT2D eigenvalue weighted by Crippen LogP contribution is 2.34. The van der Waals surface area contributed by atoms with Gasteiger partial charge >= 0.3 is 5.97 Å². The summed E-state index contributed by atoms with van der Waals surface area (Å²) in [6.45, 7) is 5.57. The van der Waals surface area contributed by atoms with Gasteiger partial charge in [-0.2, -0.15) is 5.26 Å². The van der Waals surface area contributed by atoms with Crippen molar-refractivity contribution in [1.82, 2.24) is 0 Å². The molecule has 9 heteroatoms. The van der Waals surface area contributed by atoms with Crippen LogP contribution in [-0.4, -0.2) is 18.5 Å². The summed E-state index contributed by atoms with van der Waals surface area (Å²) in [5, 5.41) is 13.8. The van der Waals surface area contributed by atoms with Crippen molar-refractivity contribution in [2.75, 3.05) is 11.9 Å². The smallest absolute Gasteiger partial charge is 0.341 e. The molecule has 0 atom stereocenters. The van der Waals surface area contributed by atoms with Crippen molar-refractivity contribution in [2.45, 2.75) is 30.8 Å². The maximum absolute atomic E-state index is 12.7. The normalized spacial score (nSPS) is 11.2. The molecule has 0 aliphatic carbocycles. The van der Waals surface area contributed by atoms with Crippen LogP contribution < -0.4 is 5.32 Å². The molecule has 2 heterocycles. The molecule has 0 bridgehead atoms. The molecule has 3 aromatic rings. The fourth-order valence-corrected chi connectivity index (χ4v) is 4.66. The first-order valence-corrected chi connectivity index (χ1v) is 11.6. The van der Waals surface area contributed by atoms with Gasteiger partial charge in [0.05, 0.1) is 12.2 Å². The first kappa shape index (κ1) is 23.7. The molecular formula is C23H19ClN2O4S2. The fraction of sp³-hybridized carbons (Fsp3) is 0.174. The number of nitrogens with one attached hydrogen (secondary N) is 1. The molecule has 0 spiro atoms. The van der Waals surface area contributed by atoms with Gasteiger partial charge in [-0.1, -0.05) is 23.4 Å². The number of ether oxygens (including phenoxy) is 1. The summed E-state index contributed by atoms with van der Waals surface area (Å²) in [7, 11) is 0. The molecule has 3 rings (SSSR count). The number of hydrogen-bond donors (Lipinski definition) is 1. The van der Waals surface area contributed by atoms with Crippen molar-refractivity contribution in [2.24, 2.45) is 0 Å². The largest absolute Gasteiger partial charge is 0.462 e. The number of rotatable bonds is 7. The minimum Gasteiger partial charge on any atom is -0.462 e. The van der Waals surface area contributed by atoms with Crippen LogP contribution in [0.1, 0.15) is 33.5 Å². The van der Waals surface area contributed by atoms with Crippen molar-refractivity contribution >= 4 is 57.7 Å². The molecule has 164 valence electrons. The number of nitriles is 1.